The summed E-state index contributed by atoms with van der Waals surface area (Å²) < 4.78 is 0. The Hall–Kier alpha value is -1.23. The zero-order valence-corrected chi connectivity index (χ0v) is 11.8. The van der Waals surface area contributed by atoms with Gasteiger partial charge in [0, 0.05) is 12.1 Å². The van der Waals surface area contributed by atoms with Gasteiger partial charge in [-0.25, -0.2) is 0 Å². The van der Waals surface area contributed by atoms with Crippen LogP contribution in [0.1, 0.15) is 49.2 Å². The molecule has 4 N–H and O–H groups in total. The molecule has 4 nitrogen and oxygen atoms in total. The molecule has 1 saturated carbocycles. The van der Waals surface area contributed by atoms with Gasteiger partial charge in [0.2, 0.25) is 0 Å². The third kappa shape index (κ3) is 3.16. The van der Waals surface area contributed by atoms with Gasteiger partial charge >= 0.3 is 0 Å². The van der Waals surface area contributed by atoms with Crippen LogP contribution >= 0.6 is 11.3 Å². The zero-order chi connectivity index (χ0) is 13.1. The number of hydrogen-bond acceptors (Lipinski definition) is 4. The van der Waals surface area contributed by atoms with Crippen LogP contribution < -0.4 is 16.4 Å². The van der Waals surface area contributed by atoms with Crippen molar-refractivity contribution in [3.05, 3.63) is 10.9 Å². The van der Waals surface area contributed by atoms with Crippen LogP contribution in [0.15, 0.2) is 6.07 Å². The van der Waals surface area contributed by atoms with Crippen LogP contribution in [-0.4, -0.2) is 18.0 Å². The SMILES string of the molecule is CCC(CC)Nc1cc(N)c(C(=O)NC2CC2)s1. The Morgan fingerprint density at radius 3 is 2.72 bits per heavy atom. The molecule has 18 heavy (non-hydrogen) atoms. The van der Waals surface area contributed by atoms with E-state index in [0.717, 1.165) is 30.7 Å². The molecule has 0 spiro atoms. The van der Waals surface area contributed by atoms with Gasteiger partial charge in [-0.2, -0.15) is 0 Å². The van der Waals surface area contributed by atoms with Crippen LogP contribution in [0.4, 0.5) is 10.7 Å². The molecule has 0 unspecified atom stereocenters. The lowest BCUT2D eigenvalue weighted by Crippen LogP contribution is -2.25. The second kappa shape index (κ2) is 5.61. The molecule has 1 aliphatic rings. The summed E-state index contributed by atoms with van der Waals surface area (Å²) in [4.78, 5) is 12.6. The Bertz CT molecular complexity index is 422. The lowest BCUT2D eigenvalue weighted by Gasteiger charge is -2.13. The largest absolute Gasteiger partial charge is 0.397 e. The minimum atomic E-state index is -0.0300. The molecule has 2 rings (SSSR count). The maximum absolute atomic E-state index is 11.9. The van der Waals surface area contributed by atoms with Crippen LogP contribution in [-0.2, 0) is 0 Å². The van der Waals surface area contributed by atoms with Crippen molar-refractivity contribution in [2.45, 2.75) is 51.6 Å². The number of carbonyl (C=O) groups excluding carboxylic acids is 1. The van der Waals surface area contributed by atoms with E-state index in [1.54, 1.807) is 0 Å². The Labute approximate surface area is 112 Å². The number of nitrogens with two attached hydrogens (primary N) is 1. The van der Waals surface area contributed by atoms with Crippen molar-refractivity contribution < 1.29 is 4.79 Å². The standard InChI is InChI=1S/C13H21N3OS/c1-3-8(4-2)15-11-7-10(14)12(18-11)13(17)16-9-5-6-9/h7-9,15H,3-6,14H2,1-2H3,(H,16,17). The summed E-state index contributed by atoms with van der Waals surface area (Å²) in [6.07, 6.45) is 4.32. The van der Waals surface area contributed by atoms with Gasteiger partial charge in [-0.1, -0.05) is 13.8 Å². The van der Waals surface area contributed by atoms with Crippen molar-refractivity contribution in [2.75, 3.05) is 11.1 Å². The van der Waals surface area contributed by atoms with E-state index in [1.165, 1.54) is 11.3 Å². The highest BCUT2D eigenvalue weighted by Gasteiger charge is 2.25. The minimum absolute atomic E-state index is 0.0300. The van der Waals surface area contributed by atoms with Crippen LogP contribution in [0.5, 0.6) is 0 Å². The highest BCUT2D eigenvalue weighted by Crippen LogP contribution is 2.31. The topological polar surface area (TPSA) is 67.1 Å². The second-order valence-corrected chi connectivity index (χ2v) is 5.85. The third-order valence-corrected chi connectivity index (χ3v) is 4.29. The summed E-state index contributed by atoms with van der Waals surface area (Å²) in [7, 11) is 0. The minimum Gasteiger partial charge on any atom is -0.397 e. The first-order chi connectivity index (χ1) is 8.63. The Balaban J connectivity index is 2.03. The molecule has 0 bridgehead atoms. The van der Waals surface area contributed by atoms with Gasteiger partial charge in [-0.15, -0.1) is 11.3 Å². The van der Waals surface area contributed by atoms with Gasteiger partial charge in [0.1, 0.15) is 4.88 Å². The zero-order valence-electron chi connectivity index (χ0n) is 11.0. The van der Waals surface area contributed by atoms with E-state index in [9.17, 15) is 4.79 Å². The number of thiophene rings is 1. The van der Waals surface area contributed by atoms with Gasteiger partial charge in [-0.05, 0) is 31.7 Å². The molecule has 1 aromatic rings. The van der Waals surface area contributed by atoms with Gasteiger partial charge in [-0.3, -0.25) is 4.79 Å². The highest BCUT2D eigenvalue weighted by molar-refractivity contribution is 7.18. The number of hydrogen-bond donors (Lipinski definition) is 3. The number of nitrogens with one attached hydrogen (secondary N) is 2. The first-order valence-corrected chi connectivity index (χ1v) is 7.42. The molecule has 0 aromatic carbocycles. The molecular weight excluding hydrogens is 246 g/mol. The van der Waals surface area contributed by atoms with E-state index >= 15 is 0 Å². The smallest absolute Gasteiger partial charge is 0.263 e. The molecule has 0 saturated heterocycles. The van der Waals surface area contributed by atoms with Crippen molar-refractivity contribution in [1.82, 2.24) is 5.32 Å². The lowest BCUT2D eigenvalue weighted by molar-refractivity contribution is 0.0956. The van der Waals surface area contributed by atoms with Crippen molar-refractivity contribution >= 4 is 27.9 Å². The summed E-state index contributed by atoms with van der Waals surface area (Å²) in [5.74, 6) is -0.0300. The lowest BCUT2D eigenvalue weighted by atomic mass is 10.2. The van der Waals surface area contributed by atoms with Crippen LogP contribution in [0, 0.1) is 0 Å². The van der Waals surface area contributed by atoms with E-state index in [0.29, 0.717) is 22.6 Å². The fourth-order valence-corrected chi connectivity index (χ4v) is 2.79. The number of nitrogen functional groups attached to an aromatic ring is 1. The predicted molar refractivity (Wildman–Crippen MR) is 77.2 cm³/mol. The van der Waals surface area contributed by atoms with Crippen molar-refractivity contribution in [2.24, 2.45) is 0 Å². The van der Waals surface area contributed by atoms with Gasteiger partial charge in [0.15, 0.2) is 0 Å². The molecule has 1 amide bonds. The van der Waals surface area contributed by atoms with Crippen LogP contribution in [0.3, 0.4) is 0 Å². The predicted octanol–water partition coefficient (Wildman–Crippen LogP) is 2.82. The van der Waals surface area contributed by atoms with Gasteiger partial charge < -0.3 is 16.4 Å². The van der Waals surface area contributed by atoms with Crippen molar-refractivity contribution in [3.63, 3.8) is 0 Å². The number of anilines is 2. The van der Waals surface area contributed by atoms with Crippen LogP contribution in [0.2, 0.25) is 0 Å². The van der Waals surface area contributed by atoms with Gasteiger partial charge in [0.25, 0.3) is 5.91 Å². The normalized spacial score (nSPS) is 14.8. The Kier molecular flexibility index (Phi) is 4.11. The molecule has 0 aliphatic heterocycles. The molecule has 0 radical (unpaired) electrons. The second-order valence-electron chi connectivity index (χ2n) is 4.80. The number of amides is 1. The first-order valence-electron chi connectivity index (χ1n) is 6.60. The third-order valence-electron chi connectivity index (χ3n) is 3.21. The van der Waals surface area contributed by atoms with E-state index in [-0.39, 0.29) is 5.91 Å². The summed E-state index contributed by atoms with van der Waals surface area (Å²) in [6, 6.07) is 2.68. The van der Waals surface area contributed by atoms with E-state index < -0.39 is 0 Å². The number of rotatable bonds is 6. The van der Waals surface area contributed by atoms with E-state index in [1.807, 2.05) is 6.07 Å². The quantitative estimate of drug-likeness (QED) is 0.742. The fraction of sp³-hybridized carbons (Fsp3) is 0.615. The van der Waals surface area contributed by atoms with E-state index in [2.05, 4.69) is 24.5 Å². The first kappa shape index (κ1) is 13.2. The summed E-state index contributed by atoms with van der Waals surface area (Å²) >= 11 is 1.45. The molecule has 1 fully saturated rings. The molecule has 1 heterocycles. The average molecular weight is 267 g/mol. The highest BCUT2D eigenvalue weighted by atomic mass is 32.1. The number of carbonyl (C=O) groups is 1. The monoisotopic (exact) mass is 267 g/mol. The maximum atomic E-state index is 11.9. The van der Waals surface area contributed by atoms with Crippen LogP contribution in [0.25, 0.3) is 0 Å². The van der Waals surface area contributed by atoms with Crippen molar-refractivity contribution in [3.8, 4) is 0 Å². The molecule has 1 aromatic heterocycles. The molecule has 0 atom stereocenters. The van der Waals surface area contributed by atoms with Gasteiger partial charge in [0.05, 0.1) is 10.7 Å². The molecule has 1 aliphatic carbocycles. The summed E-state index contributed by atoms with van der Waals surface area (Å²) in [5, 5.41) is 7.38. The fourth-order valence-electron chi connectivity index (χ4n) is 1.83. The molecule has 5 heteroatoms. The molecule has 100 valence electrons. The van der Waals surface area contributed by atoms with Crippen molar-refractivity contribution in [1.29, 1.82) is 0 Å². The Morgan fingerprint density at radius 2 is 2.17 bits per heavy atom. The Morgan fingerprint density at radius 1 is 1.50 bits per heavy atom. The summed E-state index contributed by atoms with van der Waals surface area (Å²) in [5.41, 5.74) is 6.48. The average Bonchev–Trinajstić information content (AvgIpc) is 3.08. The molecular formula is C13H21N3OS. The van der Waals surface area contributed by atoms with E-state index in [4.69, 9.17) is 5.73 Å². The summed E-state index contributed by atoms with van der Waals surface area (Å²) in [6.45, 7) is 4.30. The maximum Gasteiger partial charge on any atom is 0.263 e.